The van der Waals surface area contributed by atoms with Gasteiger partial charge >= 0.3 is 6.03 Å². The maximum atomic E-state index is 12.4. The maximum absolute atomic E-state index is 12.4. The fourth-order valence-corrected chi connectivity index (χ4v) is 3.06. The van der Waals surface area contributed by atoms with Gasteiger partial charge in [0.15, 0.2) is 5.82 Å². The number of hydrogen-bond donors (Lipinski definition) is 1. The summed E-state index contributed by atoms with van der Waals surface area (Å²) in [6, 6.07) is 5.70. The highest BCUT2D eigenvalue weighted by Gasteiger charge is 2.28. The molecule has 2 atom stereocenters. The predicted octanol–water partition coefficient (Wildman–Crippen LogP) is 2.41. The number of likely N-dealkylation sites (tertiary alicyclic amines) is 1. The molecule has 7 heteroatoms. The van der Waals surface area contributed by atoms with Crippen LogP contribution in [-0.2, 0) is 17.7 Å². The van der Waals surface area contributed by atoms with Gasteiger partial charge < -0.3 is 9.64 Å². The summed E-state index contributed by atoms with van der Waals surface area (Å²) in [7, 11) is 1.70. The third-order valence-corrected chi connectivity index (χ3v) is 4.73. The minimum atomic E-state index is -0.117. The van der Waals surface area contributed by atoms with Gasteiger partial charge in [-0.25, -0.2) is 4.79 Å². The summed E-state index contributed by atoms with van der Waals surface area (Å²) in [4.78, 5) is 18.2. The summed E-state index contributed by atoms with van der Waals surface area (Å²) >= 11 is 0. The van der Waals surface area contributed by atoms with Gasteiger partial charge in [-0.05, 0) is 36.5 Å². The molecule has 7 nitrogen and oxygen atoms in total. The second-order valence-electron chi connectivity index (χ2n) is 6.49. The quantitative estimate of drug-likeness (QED) is 0.905. The molecule has 1 aliphatic heterocycles. The average molecular weight is 343 g/mol. The Morgan fingerprint density at radius 1 is 1.36 bits per heavy atom. The number of urea groups is 1. The Balaban J connectivity index is 1.51. The van der Waals surface area contributed by atoms with E-state index in [1.54, 1.807) is 24.4 Å². The van der Waals surface area contributed by atoms with E-state index in [1.165, 1.54) is 5.56 Å². The van der Waals surface area contributed by atoms with Gasteiger partial charge in [-0.3, -0.25) is 15.0 Å². The number of aryl methyl sites for hydroxylation is 2. The highest BCUT2D eigenvalue weighted by atomic mass is 16.5. The summed E-state index contributed by atoms with van der Waals surface area (Å²) in [6.07, 6.45) is 7.38. The molecule has 134 valence electrons. The molecular formula is C18H25N5O2. The zero-order valence-electron chi connectivity index (χ0n) is 14.8. The van der Waals surface area contributed by atoms with Crippen molar-refractivity contribution in [2.45, 2.75) is 32.4 Å². The molecule has 2 aromatic rings. The van der Waals surface area contributed by atoms with Crippen molar-refractivity contribution < 1.29 is 9.53 Å². The number of rotatable bonds is 5. The van der Waals surface area contributed by atoms with Crippen molar-refractivity contribution in [2.24, 2.45) is 5.92 Å². The number of amides is 2. The van der Waals surface area contributed by atoms with E-state index in [0.717, 1.165) is 25.9 Å². The van der Waals surface area contributed by atoms with Crippen molar-refractivity contribution in [1.82, 2.24) is 19.7 Å². The van der Waals surface area contributed by atoms with Crippen molar-refractivity contribution in [2.75, 3.05) is 25.5 Å². The van der Waals surface area contributed by atoms with Crippen molar-refractivity contribution in [3.8, 4) is 0 Å². The summed E-state index contributed by atoms with van der Waals surface area (Å²) in [5, 5.41) is 7.30. The second-order valence-corrected chi connectivity index (χ2v) is 6.49. The molecule has 3 rings (SSSR count). The first kappa shape index (κ1) is 17.4. The summed E-state index contributed by atoms with van der Waals surface area (Å²) in [5.41, 5.74) is 1.21. The molecule has 2 aromatic heterocycles. The Bertz CT molecular complexity index is 688. The van der Waals surface area contributed by atoms with Gasteiger partial charge in [0.05, 0.1) is 6.10 Å². The number of carbonyl (C=O) groups is 1. The number of anilines is 1. The van der Waals surface area contributed by atoms with E-state index in [-0.39, 0.29) is 12.1 Å². The molecule has 1 N–H and O–H groups in total. The number of aromatic nitrogens is 3. The van der Waals surface area contributed by atoms with Crippen LogP contribution >= 0.6 is 0 Å². The van der Waals surface area contributed by atoms with E-state index in [4.69, 9.17) is 4.74 Å². The lowest BCUT2D eigenvalue weighted by atomic mass is 9.96. The van der Waals surface area contributed by atoms with Crippen molar-refractivity contribution in [3.63, 3.8) is 0 Å². The summed E-state index contributed by atoms with van der Waals surface area (Å²) < 4.78 is 7.31. The van der Waals surface area contributed by atoms with Gasteiger partial charge in [-0.1, -0.05) is 6.92 Å². The van der Waals surface area contributed by atoms with Crippen LogP contribution in [0.25, 0.3) is 0 Å². The fourth-order valence-electron chi connectivity index (χ4n) is 3.06. The van der Waals surface area contributed by atoms with E-state index in [2.05, 4.69) is 22.3 Å². The van der Waals surface area contributed by atoms with Gasteiger partial charge in [0, 0.05) is 51.4 Å². The smallest absolute Gasteiger partial charge is 0.323 e. The summed E-state index contributed by atoms with van der Waals surface area (Å²) in [6.45, 7) is 4.28. The predicted molar refractivity (Wildman–Crippen MR) is 95.3 cm³/mol. The number of ether oxygens (including phenoxy) is 1. The lowest BCUT2D eigenvalue weighted by Gasteiger charge is -2.35. The van der Waals surface area contributed by atoms with Crippen molar-refractivity contribution in [3.05, 3.63) is 42.4 Å². The van der Waals surface area contributed by atoms with Crippen molar-refractivity contribution >= 4 is 11.8 Å². The molecule has 0 aromatic carbocycles. The fraction of sp³-hybridized carbons (Fsp3) is 0.500. The third-order valence-electron chi connectivity index (χ3n) is 4.73. The number of pyridine rings is 1. The Morgan fingerprint density at radius 3 is 2.92 bits per heavy atom. The molecule has 0 saturated carbocycles. The molecule has 1 saturated heterocycles. The monoisotopic (exact) mass is 343 g/mol. The Morgan fingerprint density at radius 2 is 2.16 bits per heavy atom. The Hall–Kier alpha value is -2.41. The standard InChI is InChI=1S/C18H25N5O2/c1-14-5-10-22(13-16(14)25-2)18(24)20-17-7-12-23(21-17)11-6-15-3-8-19-9-4-15/h3-4,7-9,12,14,16H,5-6,10-11,13H2,1-2H3,(H,20,21,24). The molecule has 0 bridgehead atoms. The van der Waals surface area contributed by atoms with E-state index in [1.807, 2.05) is 29.1 Å². The number of nitrogens with one attached hydrogen (secondary N) is 1. The zero-order valence-corrected chi connectivity index (χ0v) is 14.8. The first-order valence-corrected chi connectivity index (χ1v) is 8.67. The minimum Gasteiger partial charge on any atom is -0.379 e. The second kappa shape index (κ2) is 8.11. The molecule has 0 radical (unpaired) electrons. The molecule has 2 amide bonds. The number of hydrogen-bond acceptors (Lipinski definition) is 4. The van der Waals surface area contributed by atoms with Crippen LogP contribution in [0.15, 0.2) is 36.8 Å². The number of carbonyl (C=O) groups excluding carboxylic acids is 1. The van der Waals surface area contributed by atoms with Crippen LogP contribution in [0, 0.1) is 5.92 Å². The van der Waals surface area contributed by atoms with Gasteiger partial charge in [0.25, 0.3) is 0 Å². The van der Waals surface area contributed by atoms with Crippen LogP contribution in [-0.4, -0.2) is 52.0 Å². The topological polar surface area (TPSA) is 72.3 Å². The van der Waals surface area contributed by atoms with Gasteiger partial charge in [-0.2, -0.15) is 5.10 Å². The largest absolute Gasteiger partial charge is 0.379 e. The van der Waals surface area contributed by atoms with Crippen LogP contribution in [0.4, 0.5) is 10.6 Å². The lowest BCUT2D eigenvalue weighted by Crippen LogP contribution is -2.48. The van der Waals surface area contributed by atoms with E-state index in [9.17, 15) is 4.79 Å². The lowest BCUT2D eigenvalue weighted by molar-refractivity contribution is 0.00894. The van der Waals surface area contributed by atoms with Gasteiger partial charge in [0.1, 0.15) is 0 Å². The minimum absolute atomic E-state index is 0.0948. The van der Waals surface area contributed by atoms with Crippen LogP contribution in [0.2, 0.25) is 0 Å². The van der Waals surface area contributed by atoms with Crippen LogP contribution in [0.1, 0.15) is 18.9 Å². The number of nitrogens with zero attached hydrogens (tertiary/aromatic N) is 4. The Labute approximate surface area is 148 Å². The number of piperidine rings is 1. The van der Waals surface area contributed by atoms with E-state index in [0.29, 0.717) is 18.3 Å². The molecule has 1 fully saturated rings. The van der Waals surface area contributed by atoms with Crippen LogP contribution in [0.3, 0.4) is 0 Å². The molecule has 25 heavy (non-hydrogen) atoms. The average Bonchev–Trinajstić information content (AvgIpc) is 3.08. The number of methoxy groups -OCH3 is 1. The van der Waals surface area contributed by atoms with E-state index >= 15 is 0 Å². The highest BCUT2D eigenvalue weighted by Crippen LogP contribution is 2.20. The van der Waals surface area contributed by atoms with Crippen LogP contribution < -0.4 is 5.32 Å². The molecule has 2 unspecified atom stereocenters. The molecular weight excluding hydrogens is 318 g/mol. The maximum Gasteiger partial charge on any atom is 0.323 e. The Kier molecular flexibility index (Phi) is 5.65. The highest BCUT2D eigenvalue weighted by molar-refractivity contribution is 5.88. The molecule has 3 heterocycles. The van der Waals surface area contributed by atoms with Crippen molar-refractivity contribution in [1.29, 1.82) is 0 Å². The molecule has 0 aliphatic carbocycles. The SMILES string of the molecule is COC1CN(C(=O)Nc2ccn(CCc3ccncc3)n2)CCC1C. The first-order valence-electron chi connectivity index (χ1n) is 8.67. The van der Waals surface area contributed by atoms with E-state index < -0.39 is 0 Å². The van der Waals surface area contributed by atoms with Gasteiger partial charge in [-0.15, -0.1) is 0 Å². The zero-order chi connectivity index (χ0) is 17.6. The third kappa shape index (κ3) is 4.57. The first-order chi connectivity index (χ1) is 12.2. The molecule has 0 spiro atoms. The van der Waals surface area contributed by atoms with Gasteiger partial charge in [0.2, 0.25) is 0 Å². The normalized spacial score (nSPS) is 20.5. The summed E-state index contributed by atoms with van der Waals surface area (Å²) in [5.74, 6) is 1.05. The van der Waals surface area contributed by atoms with Crippen LogP contribution in [0.5, 0.6) is 0 Å². The molecule has 1 aliphatic rings.